The van der Waals surface area contributed by atoms with Crippen LogP contribution in [0.1, 0.15) is 5.56 Å². The number of aryl methyl sites for hydroxylation is 1. The standard InChI is InChI=1S/C12H11BrFN3O/c1-7-3-4-8(14)5-10(7)18-11-9(13)6-16-12(15-2)17-11/h3-6H,1-2H3,(H,15,16,17). The number of hydrogen-bond donors (Lipinski definition) is 1. The predicted molar refractivity (Wildman–Crippen MR) is 70.5 cm³/mol. The predicted octanol–water partition coefficient (Wildman–Crippen LogP) is 3.52. The molecule has 4 nitrogen and oxygen atoms in total. The van der Waals surface area contributed by atoms with Crippen LogP contribution in [0.4, 0.5) is 10.3 Å². The molecule has 18 heavy (non-hydrogen) atoms. The van der Waals surface area contributed by atoms with E-state index < -0.39 is 0 Å². The Morgan fingerprint density at radius 2 is 2.17 bits per heavy atom. The van der Waals surface area contributed by atoms with E-state index in [1.54, 1.807) is 19.3 Å². The summed E-state index contributed by atoms with van der Waals surface area (Å²) >= 11 is 3.29. The molecule has 0 atom stereocenters. The molecule has 0 fully saturated rings. The third-order valence-electron chi connectivity index (χ3n) is 2.29. The molecule has 0 saturated carbocycles. The lowest BCUT2D eigenvalue weighted by molar-refractivity contribution is 0.451. The quantitative estimate of drug-likeness (QED) is 0.942. The summed E-state index contributed by atoms with van der Waals surface area (Å²) in [4.78, 5) is 8.16. The van der Waals surface area contributed by atoms with Crippen molar-refractivity contribution in [1.29, 1.82) is 0 Å². The number of ether oxygens (including phenoxy) is 1. The second kappa shape index (κ2) is 5.30. The van der Waals surface area contributed by atoms with Crippen molar-refractivity contribution in [3.63, 3.8) is 0 Å². The highest BCUT2D eigenvalue weighted by atomic mass is 79.9. The normalized spacial score (nSPS) is 10.2. The van der Waals surface area contributed by atoms with Gasteiger partial charge in [-0.3, -0.25) is 0 Å². The maximum atomic E-state index is 13.2. The molecule has 2 aromatic rings. The molecule has 0 aliphatic rings. The smallest absolute Gasteiger partial charge is 0.238 e. The van der Waals surface area contributed by atoms with E-state index in [9.17, 15) is 4.39 Å². The van der Waals surface area contributed by atoms with Crippen molar-refractivity contribution in [2.75, 3.05) is 12.4 Å². The molecule has 0 radical (unpaired) electrons. The number of nitrogens with one attached hydrogen (secondary N) is 1. The van der Waals surface area contributed by atoms with Gasteiger partial charge in [-0.15, -0.1) is 0 Å². The number of rotatable bonds is 3. The number of benzene rings is 1. The van der Waals surface area contributed by atoms with E-state index >= 15 is 0 Å². The molecule has 0 unspecified atom stereocenters. The molecule has 0 aliphatic heterocycles. The summed E-state index contributed by atoms with van der Waals surface area (Å²) in [5.74, 6) is 0.844. The van der Waals surface area contributed by atoms with Gasteiger partial charge in [-0.05, 0) is 34.5 Å². The number of hydrogen-bond acceptors (Lipinski definition) is 4. The second-order valence-corrected chi connectivity index (χ2v) is 4.46. The summed E-state index contributed by atoms with van der Waals surface area (Å²) in [5.41, 5.74) is 0.827. The van der Waals surface area contributed by atoms with Gasteiger partial charge in [0.2, 0.25) is 11.8 Å². The van der Waals surface area contributed by atoms with Gasteiger partial charge in [-0.1, -0.05) is 6.07 Å². The van der Waals surface area contributed by atoms with Gasteiger partial charge in [0.15, 0.2) is 0 Å². The van der Waals surface area contributed by atoms with E-state index in [0.29, 0.717) is 22.1 Å². The molecule has 1 aromatic carbocycles. The summed E-state index contributed by atoms with van der Waals surface area (Å²) in [6.45, 7) is 1.84. The fourth-order valence-corrected chi connectivity index (χ4v) is 1.60. The van der Waals surface area contributed by atoms with Crippen LogP contribution in [0.25, 0.3) is 0 Å². The van der Waals surface area contributed by atoms with Crippen molar-refractivity contribution >= 4 is 21.9 Å². The lowest BCUT2D eigenvalue weighted by Crippen LogP contribution is -1.99. The molecule has 1 N–H and O–H groups in total. The Morgan fingerprint density at radius 3 is 2.89 bits per heavy atom. The van der Waals surface area contributed by atoms with Crippen LogP contribution < -0.4 is 10.1 Å². The minimum absolute atomic E-state index is 0.336. The van der Waals surface area contributed by atoms with Crippen LogP contribution in [0.15, 0.2) is 28.9 Å². The highest BCUT2D eigenvalue weighted by molar-refractivity contribution is 9.10. The lowest BCUT2D eigenvalue weighted by atomic mass is 10.2. The molecule has 0 aliphatic carbocycles. The Bertz CT molecular complexity index is 577. The van der Waals surface area contributed by atoms with E-state index in [-0.39, 0.29) is 5.82 Å². The zero-order valence-corrected chi connectivity index (χ0v) is 11.5. The first-order valence-corrected chi connectivity index (χ1v) is 6.03. The van der Waals surface area contributed by atoms with Crippen LogP contribution >= 0.6 is 15.9 Å². The number of aromatic nitrogens is 2. The maximum Gasteiger partial charge on any atom is 0.238 e. The topological polar surface area (TPSA) is 47.0 Å². The average molecular weight is 312 g/mol. The second-order valence-electron chi connectivity index (χ2n) is 3.61. The SMILES string of the molecule is CNc1ncc(Br)c(Oc2cc(F)ccc2C)n1. The maximum absolute atomic E-state index is 13.2. The molecule has 0 saturated heterocycles. The van der Waals surface area contributed by atoms with Crippen molar-refractivity contribution in [3.8, 4) is 11.6 Å². The van der Waals surface area contributed by atoms with Crippen LogP contribution in [0.2, 0.25) is 0 Å². The van der Waals surface area contributed by atoms with E-state index in [1.165, 1.54) is 12.1 Å². The molecule has 2 rings (SSSR count). The van der Waals surface area contributed by atoms with Crippen LogP contribution in [-0.4, -0.2) is 17.0 Å². The van der Waals surface area contributed by atoms with Gasteiger partial charge < -0.3 is 10.1 Å². The number of anilines is 1. The van der Waals surface area contributed by atoms with Crippen LogP contribution in [-0.2, 0) is 0 Å². The number of halogens is 2. The highest BCUT2D eigenvalue weighted by Crippen LogP contribution is 2.30. The van der Waals surface area contributed by atoms with Gasteiger partial charge in [0.25, 0.3) is 0 Å². The van der Waals surface area contributed by atoms with Crippen molar-refractivity contribution in [2.24, 2.45) is 0 Å². The Balaban J connectivity index is 2.36. The summed E-state index contributed by atoms with van der Waals surface area (Å²) in [6.07, 6.45) is 1.57. The minimum Gasteiger partial charge on any atom is -0.437 e. The van der Waals surface area contributed by atoms with Crippen LogP contribution in [0.5, 0.6) is 11.6 Å². The molecule has 94 valence electrons. The van der Waals surface area contributed by atoms with E-state index in [2.05, 4.69) is 31.2 Å². The first-order chi connectivity index (χ1) is 8.60. The Labute approximate surface area is 112 Å². The van der Waals surface area contributed by atoms with Gasteiger partial charge in [0.05, 0.1) is 10.7 Å². The van der Waals surface area contributed by atoms with E-state index in [0.717, 1.165) is 5.56 Å². The Hall–Kier alpha value is -1.69. The fourth-order valence-electron chi connectivity index (χ4n) is 1.33. The molecule has 6 heteroatoms. The summed E-state index contributed by atoms with van der Waals surface area (Å²) < 4.78 is 19.3. The number of nitrogens with zero attached hydrogens (tertiary/aromatic N) is 2. The zero-order valence-electron chi connectivity index (χ0n) is 9.87. The summed E-state index contributed by atoms with van der Waals surface area (Å²) in [5, 5.41) is 2.81. The third kappa shape index (κ3) is 2.76. The monoisotopic (exact) mass is 311 g/mol. The molecule has 0 spiro atoms. The summed E-state index contributed by atoms with van der Waals surface area (Å²) in [7, 11) is 1.71. The van der Waals surface area contributed by atoms with Gasteiger partial charge in [-0.25, -0.2) is 9.37 Å². The van der Waals surface area contributed by atoms with Gasteiger partial charge in [-0.2, -0.15) is 4.98 Å². The fraction of sp³-hybridized carbons (Fsp3) is 0.167. The van der Waals surface area contributed by atoms with Crippen LogP contribution in [0.3, 0.4) is 0 Å². The van der Waals surface area contributed by atoms with Gasteiger partial charge >= 0.3 is 0 Å². The van der Waals surface area contributed by atoms with Crippen LogP contribution in [0, 0.1) is 12.7 Å². The average Bonchev–Trinajstić information content (AvgIpc) is 2.36. The summed E-state index contributed by atoms with van der Waals surface area (Å²) in [6, 6.07) is 4.36. The van der Waals surface area contributed by atoms with E-state index in [4.69, 9.17) is 4.74 Å². The molecular weight excluding hydrogens is 301 g/mol. The van der Waals surface area contributed by atoms with Gasteiger partial charge in [0, 0.05) is 13.1 Å². The Morgan fingerprint density at radius 1 is 1.39 bits per heavy atom. The molecule has 0 bridgehead atoms. The van der Waals surface area contributed by atoms with Crippen molar-refractivity contribution < 1.29 is 9.13 Å². The van der Waals surface area contributed by atoms with Crippen molar-refractivity contribution in [3.05, 3.63) is 40.2 Å². The molecule has 1 heterocycles. The molecule has 0 amide bonds. The largest absolute Gasteiger partial charge is 0.437 e. The molecular formula is C12H11BrFN3O. The van der Waals surface area contributed by atoms with Crippen molar-refractivity contribution in [2.45, 2.75) is 6.92 Å². The first kappa shape index (κ1) is 12.8. The third-order valence-corrected chi connectivity index (χ3v) is 2.84. The zero-order chi connectivity index (χ0) is 13.1. The van der Waals surface area contributed by atoms with E-state index in [1.807, 2.05) is 6.92 Å². The lowest BCUT2D eigenvalue weighted by Gasteiger charge is -2.10. The van der Waals surface area contributed by atoms with Crippen molar-refractivity contribution in [1.82, 2.24) is 9.97 Å². The Kier molecular flexibility index (Phi) is 3.76. The highest BCUT2D eigenvalue weighted by Gasteiger charge is 2.09. The molecule has 1 aromatic heterocycles. The minimum atomic E-state index is -0.352. The first-order valence-electron chi connectivity index (χ1n) is 5.24. The van der Waals surface area contributed by atoms with Gasteiger partial charge in [0.1, 0.15) is 11.6 Å².